The molecule has 0 fully saturated rings. The van der Waals surface area contributed by atoms with E-state index < -0.39 is 5.54 Å². The molecule has 3 heteroatoms. The first-order chi connectivity index (χ1) is 8.54. The van der Waals surface area contributed by atoms with Gasteiger partial charge in [-0.2, -0.15) is 0 Å². The molecule has 1 heterocycles. The second-order valence-electron chi connectivity index (χ2n) is 5.74. The molecule has 0 saturated carbocycles. The molecule has 1 aliphatic carbocycles. The third kappa shape index (κ3) is 1.62. The highest BCUT2D eigenvalue weighted by atomic mass is 32.1. The summed E-state index contributed by atoms with van der Waals surface area (Å²) < 4.78 is 0. The Morgan fingerprint density at radius 2 is 1.89 bits per heavy atom. The Kier molecular flexibility index (Phi) is 2.57. The Bertz CT molecular complexity index is 560. The lowest BCUT2D eigenvalue weighted by Crippen LogP contribution is -2.45. The largest absolute Gasteiger partial charge is 0.316 e. The first-order valence-electron chi connectivity index (χ1n) is 6.33. The maximum absolute atomic E-state index is 6.71. The molecule has 0 radical (unpaired) electrons. The number of hydrogen-bond acceptors (Lipinski definition) is 3. The zero-order valence-corrected chi connectivity index (χ0v) is 11.6. The smallest absolute Gasteiger partial charge is 0.117 e. The molecule has 18 heavy (non-hydrogen) atoms. The molecule has 94 valence electrons. The van der Waals surface area contributed by atoms with Crippen LogP contribution in [0.15, 0.2) is 35.8 Å². The van der Waals surface area contributed by atoms with Gasteiger partial charge in [0.25, 0.3) is 0 Å². The van der Waals surface area contributed by atoms with Crippen LogP contribution in [0.5, 0.6) is 0 Å². The SMILES string of the molecule is CC1(C)CCC(N)(c2nccs2)c2ccccc21. The number of nitrogens with zero attached hydrogens (tertiary/aromatic N) is 1. The third-order valence-corrected chi connectivity index (χ3v) is 5.05. The predicted molar refractivity (Wildman–Crippen MR) is 75.8 cm³/mol. The van der Waals surface area contributed by atoms with Gasteiger partial charge in [-0.05, 0) is 29.4 Å². The van der Waals surface area contributed by atoms with Gasteiger partial charge in [0.2, 0.25) is 0 Å². The number of hydrogen-bond donors (Lipinski definition) is 1. The Hall–Kier alpha value is -1.19. The van der Waals surface area contributed by atoms with Gasteiger partial charge >= 0.3 is 0 Å². The number of fused-ring (bicyclic) bond motifs is 1. The summed E-state index contributed by atoms with van der Waals surface area (Å²) in [5, 5.41) is 3.04. The summed E-state index contributed by atoms with van der Waals surface area (Å²) in [5.74, 6) is 0. The molecule has 0 bridgehead atoms. The molecule has 2 nitrogen and oxygen atoms in total. The Morgan fingerprint density at radius 3 is 2.56 bits per heavy atom. The fraction of sp³-hybridized carbons (Fsp3) is 0.400. The molecule has 3 rings (SSSR count). The highest BCUT2D eigenvalue weighted by molar-refractivity contribution is 7.09. The zero-order chi connectivity index (χ0) is 12.8. The fourth-order valence-corrected chi connectivity index (χ4v) is 3.70. The van der Waals surface area contributed by atoms with Gasteiger partial charge in [-0.15, -0.1) is 11.3 Å². The Labute approximate surface area is 112 Å². The van der Waals surface area contributed by atoms with Crippen LogP contribution in [0.1, 0.15) is 42.8 Å². The lowest BCUT2D eigenvalue weighted by Gasteiger charge is -2.42. The van der Waals surface area contributed by atoms with Crippen molar-refractivity contribution in [3.8, 4) is 0 Å². The van der Waals surface area contributed by atoms with Crippen LogP contribution in [-0.2, 0) is 11.0 Å². The normalized spacial score (nSPS) is 25.7. The van der Waals surface area contributed by atoms with E-state index in [1.54, 1.807) is 11.3 Å². The van der Waals surface area contributed by atoms with Gasteiger partial charge in [0.1, 0.15) is 5.01 Å². The van der Waals surface area contributed by atoms with Gasteiger partial charge < -0.3 is 5.73 Å². The van der Waals surface area contributed by atoms with Crippen molar-refractivity contribution in [1.29, 1.82) is 0 Å². The first kappa shape index (κ1) is 11.9. The van der Waals surface area contributed by atoms with Crippen LogP contribution < -0.4 is 5.73 Å². The van der Waals surface area contributed by atoms with Crippen molar-refractivity contribution in [2.24, 2.45) is 5.73 Å². The second kappa shape index (κ2) is 3.90. The Balaban J connectivity index is 2.21. The number of thiazole rings is 1. The van der Waals surface area contributed by atoms with Gasteiger partial charge in [-0.1, -0.05) is 38.1 Å². The highest BCUT2D eigenvalue weighted by Gasteiger charge is 2.42. The summed E-state index contributed by atoms with van der Waals surface area (Å²) in [4.78, 5) is 4.45. The molecule has 1 atom stereocenters. The van der Waals surface area contributed by atoms with E-state index in [-0.39, 0.29) is 5.41 Å². The van der Waals surface area contributed by atoms with Gasteiger partial charge in [-0.3, -0.25) is 0 Å². The maximum atomic E-state index is 6.71. The summed E-state index contributed by atoms with van der Waals surface area (Å²) in [6, 6.07) is 8.56. The van der Waals surface area contributed by atoms with Crippen LogP contribution in [0.4, 0.5) is 0 Å². The molecular weight excluding hydrogens is 240 g/mol. The molecule has 0 amide bonds. The summed E-state index contributed by atoms with van der Waals surface area (Å²) in [7, 11) is 0. The summed E-state index contributed by atoms with van der Waals surface area (Å²) in [6.45, 7) is 4.60. The van der Waals surface area contributed by atoms with E-state index >= 15 is 0 Å². The molecule has 0 spiro atoms. The standard InChI is InChI=1S/C15H18N2S/c1-14(2)7-8-15(16,13-17-9-10-18-13)12-6-4-3-5-11(12)14/h3-6,9-10H,7-8,16H2,1-2H3. The quantitative estimate of drug-likeness (QED) is 0.851. The van der Waals surface area contributed by atoms with E-state index in [2.05, 4.69) is 43.1 Å². The molecule has 0 aliphatic heterocycles. The minimum absolute atomic E-state index is 0.205. The molecule has 2 N–H and O–H groups in total. The van der Waals surface area contributed by atoms with Crippen molar-refractivity contribution < 1.29 is 0 Å². The molecule has 1 unspecified atom stereocenters. The van der Waals surface area contributed by atoms with Crippen molar-refractivity contribution in [2.75, 3.05) is 0 Å². The summed E-state index contributed by atoms with van der Waals surface area (Å²) in [5.41, 5.74) is 9.12. The van der Waals surface area contributed by atoms with Gasteiger partial charge in [-0.25, -0.2) is 4.98 Å². The topological polar surface area (TPSA) is 38.9 Å². The average Bonchev–Trinajstić information content (AvgIpc) is 2.89. The van der Waals surface area contributed by atoms with Crippen LogP contribution >= 0.6 is 11.3 Å². The van der Waals surface area contributed by atoms with Crippen molar-refractivity contribution in [1.82, 2.24) is 4.98 Å². The van der Waals surface area contributed by atoms with Gasteiger partial charge in [0, 0.05) is 11.6 Å². The lowest BCUT2D eigenvalue weighted by molar-refractivity contribution is 0.337. The molecule has 1 aromatic carbocycles. The minimum atomic E-state index is -0.403. The third-order valence-electron chi connectivity index (χ3n) is 4.10. The number of nitrogens with two attached hydrogens (primary N) is 1. The molecule has 1 aromatic heterocycles. The molecule has 1 aliphatic rings. The van der Waals surface area contributed by atoms with E-state index in [0.717, 1.165) is 17.8 Å². The fourth-order valence-electron chi connectivity index (χ4n) is 2.91. The minimum Gasteiger partial charge on any atom is -0.316 e. The van der Waals surface area contributed by atoms with Crippen LogP contribution in [0.3, 0.4) is 0 Å². The van der Waals surface area contributed by atoms with E-state index in [9.17, 15) is 0 Å². The monoisotopic (exact) mass is 258 g/mol. The average molecular weight is 258 g/mol. The van der Waals surface area contributed by atoms with Crippen LogP contribution in [0.2, 0.25) is 0 Å². The summed E-state index contributed by atoms with van der Waals surface area (Å²) in [6.07, 6.45) is 3.90. The van der Waals surface area contributed by atoms with E-state index in [0.29, 0.717) is 0 Å². The number of aromatic nitrogens is 1. The van der Waals surface area contributed by atoms with Crippen LogP contribution in [0, 0.1) is 0 Å². The van der Waals surface area contributed by atoms with Crippen molar-refractivity contribution in [3.05, 3.63) is 52.0 Å². The summed E-state index contributed by atoms with van der Waals surface area (Å²) >= 11 is 1.66. The van der Waals surface area contributed by atoms with Crippen molar-refractivity contribution in [3.63, 3.8) is 0 Å². The van der Waals surface area contributed by atoms with Crippen molar-refractivity contribution in [2.45, 2.75) is 37.6 Å². The Morgan fingerprint density at radius 1 is 1.17 bits per heavy atom. The van der Waals surface area contributed by atoms with Crippen LogP contribution in [0.25, 0.3) is 0 Å². The van der Waals surface area contributed by atoms with E-state index in [1.165, 1.54) is 11.1 Å². The highest BCUT2D eigenvalue weighted by Crippen LogP contribution is 2.46. The lowest BCUT2D eigenvalue weighted by atomic mass is 9.66. The molecular formula is C15H18N2S. The van der Waals surface area contributed by atoms with E-state index in [4.69, 9.17) is 5.73 Å². The van der Waals surface area contributed by atoms with Crippen LogP contribution in [-0.4, -0.2) is 4.98 Å². The van der Waals surface area contributed by atoms with E-state index in [1.807, 2.05) is 11.6 Å². The first-order valence-corrected chi connectivity index (χ1v) is 7.21. The zero-order valence-electron chi connectivity index (χ0n) is 10.8. The van der Waals surface area contributed by atoms with Gasteiger partial charge in [0.05, 0.1) is 5.54 Å². The van der Waals surface area contributed by atoms with Crippen molar-refractivity contribution >= 4 is 11.3 Å². The predicted octanol–water partition coefficient (Wildman–Crippen LogP) is 3.42. The number of rotatable bonds is 1. The second-order valence-corrected chi connectivity index (χ2v) is 6.63. The molecule has 0 saturated heterocycles. The van der Waals surface area contributed by atoms with Gasteiger partial charge in [0.15, 0.2) is 0 Å². The molecule has 2 aromatic rings. The number of benzene rings is 1. The maximum Gasteiger partial charge on any atom is 0.117 e.